The number of hydrogen-bond acceptors (Lipinski definition) is 7. The van der Waals surface area contributed by atoms with Crippen LogP contribution in [0.2, 0.25) is 0 Å². The van der Waals surface area contributed by atoms with Crippen LogP contribution in [-0.2, 0) is 11.2 Å². The summed E-state index contributed by atoms with van der Waals surface area (Å²) in [7, 11) is 0. The number of non-ortho nitro benzene ring substituents is 1. The van der Waals surface area contributed by atoms with E-state index in [1.807, 2.05) is 30.3 Å². The van der Waals surface area contributed by atoms with Gasteiger partial charge in [0.15, 0.2) is 0 Å². The Morgan fingerprint density at radius 2 is 2.00 bits per heavy atom. The first kappa shape index (κ1) is 19.3. The number of anilines is 1. The Labute approximate surface area is 164 Å². The number of thioether (sulfide) groups is 1. The van der Waals surface area contributed by atoms with E-state index < -0.39 is 10.8 Å². The van der Waals surface area contributed by atoms with E-state index in [-0.39, 0.29) is 11.7 Å². The molecular weight excluding hydrogens is 380 g/mol. The molecule has 0 radical (unpaired) electrons. The lowest BCUT2D eigenvalue weighted by Gasteiger charge is -1.98. The van der Waals surface area contributed by atoms with E-state index in [1.165, 1.54) is 24.3 Å². The number of aryl methyl sites for hydroxylation is 1. The second kappa shape index (κ2) is 9.47. The zero-order valence-corrected chi connectivity index (χ0v) is 15.5. The Bertz CT molecular complexity index is 988. The van der Waals surface area contributed by atoms with E-state index in [9.17, 15) is 14.9 Å². The summed E-state index contributed by atoms with van der Waals surface area (Å²) in [4.78, 5) is 23.4. The van der Waals surface area contributed by atoms with Gasteiger partial charge < -0.3 is 4.42 Å². The van der Waals surface area contributed by atoms with Gasteiger partial charge in [0.2, 0.25) is 5.89 Å². The molecule has 1 amide bonds. The van der Waals surface area contributed by atoms with Gasteiger partial charge in [-0.1, -0.05) is 35.4 Å². The van der Waals surface area contributed by atoms with Crippen molar-refractivity contribution in [3.63, 3.8) is 0 Å². The number of carbonyl (C=O) groups excluding carboxylic acids is 1. The monoisotopic (exact) mass is 396 g/mol. The molecule has 0 aliphatic heterocycles. The summed E-state index contributed by atoms with van der Waals surface area (Å²) in [6.45, 7) is 0. The fraction of sp³-hybridized carbons (Fsp3) is 0.105. The van der Waals surface area contributed by atoms with Crippen molar-refractivity contribution in [2.45, 2.75) is 11.3 Å². The largest absolute Gasteiger partial charge is 0.408 e. The number of carbonyl (C=O) groups is 1. The minimum atomic E-state index is -0.493. The van der Waals surface area contributed by atoms with E-state index in [4.69, 9.17) is 4.42 Å². The Morgan fingerprint density at radius 3 is 2.79 bits per heavy atom. The molecule has 0 aliphatic carbocycles. The Balaban J connectivity index is 1.49. The zero-order chi connectivity index (χ0) is 19.8. The number of nitro benzene ring substituents is 1. The minimum absolute atomic E-state index is 0.00778. The molecule has 1 aromatic heterocycles. The highest BCUT2D eigenvalue weighted by atomic mass is 32.2. The number of nitrogens with zero attached hydrogens (tertiary/aromatic N) is 3. The second-order valence-electron chi connectivity index (χ2n) is 5.59. The third-order valence-corrected chi connectivity index (χ3v) is 4.55. The predicted octanol–water partition coefficient (Wildman–Crippen LogP) is 3.96. The van der Waals surface area contributed by atoms with Crippen molar-refractivity contribution >= 4 is 35.4 Å². The maximum absolute atomic E-state index is 11.9. The number of nitro groups is 1. The average molecular weight is 396 g/mol. The van der Waals surface area contributed by atoms with Crippen LogP contribution in [0.25, 0.3) is 6.08 Å². The summed E-state index contributed by atoms with van der Waals surface area (Å²) < 4.78 is 5.40. The van der Waals surface area contributed by atoms with Crippen molar-refractivity contribution in [3.8, 4) is 0 Å². The van der Waals surface area contributed by atoms with Crippen LogP contribution in [0.4, 0.5) is 11.7 Å². The first-order chi connectivity index (χ1) is 13.6. The molecule has 9 heteroatoms. The van der Waals surface area contributed by atoms with Crippen LogP contribution in [0, 0.1) is 10.1 Å². The standard InChI is InChI=1S/C19H16N4O4S/c24-17(10-9-14-5-4-6-15(13-14)23(25)26)20-19-22-21-18(27-19)11-12-28-16-7-2-1-3-8-16/h1-10,13H,11-12H2,(H,20,22,24). The Hall–Kier alpha value is -3.46. The van der Waals surface area contributed by atoms with Crippen LogP contribution in [0.1, 0.15) is 11.5 Å². The second-order valence-corrected chi connectivity index (χ2v) is 6.76. The molecular formula is C19H16N4O4S. The van der Waals surface area contributed by atoms with Crippen molar-refractivity contribution in [3.05, 3.63) is 82.2 Å². The lowest BCUT2D eigenvalue weighted by Crippen LogP contribution is -2.07. The van der Waals surface area contributed by atoms with Gasteiger partial charge in [0.05, 0.1) is 4.92 Å². The number of aromatic nitrogens is 2. The highest BCUT2D eigenvalue weighted by Crippen LogP contribution is 2.19. The normalized spacial score (nSPS) is 10.9. The van der Waals surface area contributed by atoms with Gasteiger partial charge in [-0.2, -0.15) is 0 Å². The SMILES string of the molecule is O=C(C=Cc1cccc([N+](=O)[O-])c1)Nc1nnc(CCSc2ccccc2)o1. The van der Waals surface area contributed by atoms with E-state index in [2.05, 4.69) is 15.5 Å². The lowest BCUT2D eigenvalue weighted by atomic mass is 10.2. The molecule has 28 heavy (non-hydrogen) atoms. The molecule has 0 aliphatic rings. The number of hydrogen-bond donors (Lipinski definition) is 1. The highest BCUT2D eigenvalue weighted by molar-refractivity contribution is 7.99. The van der Waals surface area contributed by atoms with E-state index in [0.717, 1.165) is 10.6 Å². The summed E-state index contributed by atoms with van der Waals surface area (Å²) in [5.74, 6) is 0.730. The van der Waals surface area contributed by atoms with Crippen molar-refractivity contribution < 1.29 is 14.1 Å². The first-order valence-corrected chi connectivity index (χ1v) is 9.32. The van der Waals surface area contributed by atoms with Gasteiger partial charge >= 0.3 is 6.01 Å². The van der Waals surface area contributed by atoms with Crippen molar-refractivity contribution in [1.29, 1.82) is 0 Å². The molecule has 2 aromatic carbocycles. The number of nitrogens with one attached hydrogen (secondary N) is 1. The first-order valence-electron chi connectivity index (χ1n) is 8.34. The summed E-state index contributed by atoms with van der Waals surface area (Å²) in [5, 5.41) is 20.9. The summed E-state index contributed by atoms with van der Waals surface area (Å²) in [5.41, 5.74) is 0.492. The lowest BCUT2D eigenvalue weighted by molar-refractivity contribution is -0.384. The molecule has 0 saturated carbocycles. The molecule has 3 aromatic rings. The topological polar surface area (TPSA) is 111 Å². The summed E-state index contributed by atoms with van der Waals surface area (Å²) in [6, 6.07) is 15.9. The van der Waals surface area contributed by atoms with Gasteiger partial charge in [0.25, 0.3) is 11.6 Å². The quantitative estimate of drug-likeness (QED) is 0.265. The summed E-state index contributed by atoms with van der Waals surface area (Å²) in [6.07, 6.45) is 3.29. The zero-order valence-electron chi connectivity index (χ0n) is 14.6. The third kappa shape index (κ3) is 5.78. The van der Waals surface area contributed by atoms with Gasteiger partial charge in [-0.05, 0) is 23.8 Å². The van der Waals surface area contributed by atoms with Gasteiger partial charge in [-0.3, -0.25) is 20.2 Å². The van der Waals surface area contributed by atoms with Gasteiger partial charge in [0, 0.05) is 35.3 Å². The molecule has 1 heterocycles. The van der Waals surface area contributed by atoms with Gasteiger partial charge in [0.1, 0.15) is 0 Å². The van der Waals surface area contributed by atoms with E-state index in [1.54, 1.807) is 23.9 Å². The molecule has 0 atom stereocenters. The van der Waals surface area contributed by atoms with Crippen LogP contribution in [0.5, 0.6) is 0 Å². The molecule has 142 valence electrons. The maximum Gasteiger partial charge on any atom is 0.322 e. The van der Waals surface area contributed by atoms with Gasteiger partial charge in [-0.15, -0.1) is 16.9 Å². The molecule has 0 saturated heterocycles. The highest BCUT2D eigenvalue weighted by Gasteiger charge is 2.09. The average Bonchev–Trinajstić information content (AvgIpc) is 3.14. The number of amides is 1. The summed E-state index contributed by atoms with van der Waals surface area (Å²) >= 11 is 1.67. The van der Waals surface area contributed by atoms with Crippen molar-refractivity contribution in [1.82, 2.24) is 10.2 Å². The number of benzene rings is 2. The van der Waals surface area contributed by atoms with Crippen LogP contribution in [0.15, 0.2) is 70.0 Å². The molecule has 3 rings (SSSR count). The van der Waals surface area contributed by atoms with Crippen LogP contribution in [0.3, 0.4) is 0 Å². The Kier molecular flexibility index (Phi) is 6.53. The molecule has 0 bridgehead atoms. The molecule has 8 nitrogen and oxygen atoms in total. The fourth-order valence-electron chi connectivity index (χ4n) is 2.24. The van der Waals surface area contributed by atoms with Crippen molar-refractivity contribution in [2.24, 2.45) is 0 Å². The van der Waals surface area contributed by atoms with Crippen LogP contribution >= 0.6 is 11.8 Å². The Morgan fingerprint density at radius 1 is 1.18 bits per heavy atom. The van der Waals surface area contributed by atoms with Crippen molar-refractivity contribution in [2.75, 3.05) is 11.1 Å². The minimum Gasteiger partial charge on any atom is -0.408 e. The van der Waals surface area contributed by atoms with E-state index >= 15 is 0 Å². The number of rotatable bonds is 8. The molecule has 1 N–H and O–H groups in total. The predicted molar refractivity (Wildman–Crippen MR) is 106 cm³/mol. The van der Waals surface area contributed by atoms with Crippen LogP contribution in [-0.4, -0.2) is 26.8 Å². The maximum atomic E-state index is 11.9. The molecule has 0 spiro atoms. The third-order valence-electron chi connectivity index (χ3n) is 3.53. The fourth-order valence-corrected chi connectivity index (χ4v) is 3.10. The smallest absolute Gasteiger partial charge is 0.322 e. The molecule has 0 unspecified atom stereocenters. The van der Waals surface area contributed by atoms with Crippen LogP contribution < -0.4 is 5.32 Å². The molecule has 0 fully saturated rings. The van der Waals surface area contributed by atoms with Gasteiger partial charge in [-0.25, -0.2) is 0 Å². The van der Waals surface area contributed by atoms with E-state index in [0.29, 0.717) is 17.9 Å².